The topological polar surface area (TPSA) is 87.4 Å². The van der Waals surface area contributed by atoms with Crippen molar-refractivity contribution >= 4 is 0 Å². The fourth-order valence-electron chi connectivity index (χ4n) is 2.23. The van der Waals surface area contributed by atoms with Crippen LogP contribution in [-0.4, -0.2) is 40.1 Å². The van der Waals surface area contributed by atoms with E-state index in [0.29, 0.717) is 44.2 Å². The molecular formula is C16H22N4O4. The van der Waals surface area contributed by atoms with Crippen molar-refractivity contribution in [1.82, 2.24) is 19.7 Å². The molecule has 130 valence electrons. The first-order chi connectivity index (χ1) is 11.6. The van der Waals surface area contributed by atoms with Crippen molar-refractivity contribution in [3.05, 3.63) is 63.9 Å². The Hall–Kier alpha value is -2.61. The number of hydrogen-bond donors (Lipinski definition) is 1. The van der Waals surface area contributed by atoms with Gasteiger partial charge in [0.05, 0.1) is 0 Å². The second-order valence-electron chi connectivity index (χ2n) is 5.29. The molecule has 1 aromatic rings. The number of nitrogens with one attached hydrogen (secondary N) is 1. The molecule has 1 atom stereocenters. The molecule has 0 radical (unpaired) electrons. The van der Waals surface area contributed by atoms with Gasteiger partial charge in [-0.2, -0.15) is 5.10 Å². The van der Waals surface area contributed by atoms with Gasteiger partial charge in [-0.15, -0.1) is 0 Å². The van der Waals surface area contributed by atoms with Crippen LogP contribution in [-0.2, 0) is 23.1 Å². The first-order valence-electron chi connectivity index (χ1n) is 7.69. The summed E-state index contributed by atoms with van der Waals surface area (Å²) < 4.78 is 13.6. The van der Waals surface area contributed by atoms with E-state index in [4.69, 9.17) is 9.47 Å². The van der Waals surface area contributed by atoms with Gasteiger partial charge in [0, 0.05) is 20.1 Å². The number of ether oxygens (including phenoxy) is 2. The lowest BCUT2D eigenvalue weighted by atomic mass is 10.3. The summed E-state index contributed by atoms with van der Waals surface area (Å²) in [6.45, 7) is 9.50. The molecule has 1 N–H and O–H groups in total. The molecule has 1 aliphatic rings. The summed E-state index contributed by atoms with van der Waals surface area (Å²) in [5.41, 5.74) is -0.821. The van der Waals surface area contributed by atoms with Crippen LogP contribution >= 0.6 is 0 Å². The van der Waals surface area contributed by atoms with E-state index in [0.717, 1.165) is 10.8 Å². The first-order valence-corrected chi connectivity index (χ1v) is 7.69. The summed E-state index contributed by atoms with van der Waals surface area (Å²) in [5.74, 6) is 1.19. The van der Waals surface area contributed by atoms with Crippen LogP contribution in [0.25, 0.3) is 0 Å². The summed E-state index contributed by atoms with van der Waals surface area (Å²) in [6, 6.07) is 0. The third kappa shape index (κ3) is 4.23. The van der Waals surface area contributed by atoms with Crippen LogP contribution < -0.4 is 16.6 Å². The second-order valence-corrected chi connectivity index (χ2v) is 5.29. The zero-order chi connectivity index (χ0) is 17.5. The molecule has 8 nitrogen and oxygen atoms in total. The van der Waals surface area contributed by atoms with Gasteiger partial charge in [0.25, 0.3) is 5.56 Å². The van der Waals surface area contributed by atoms with Crippen LogP contribution in [0.1, 0.15) is 6.42 Å². The molecule has 1 unspecified atom stereocenters. The van der Waals surface area contributed by atoms with Crippen molar-refractivity contribution in [2.75, 3.05) is 19.7 Å². The predicted octanol–water partition coefficient (Wildman–Crippen LogP) is -0.0793. The van der Waals surface area contributed by atoms with E-state index in [1.807, 2.05) is 0 Å². The molecule has 0 fully saturated rings. The van der Waals surface area contributed by atoms with Crippen LogP contribution in [0.5, 0.6) is 0 Å². The lowest BCUT2D eigenvalue weighted by Crippen LogP contribution is -2.39. The Kier molecular flexibility index (Phi) is 6.14. The van der Waals surface area contributed by atoms with Gasteiger partial charge in [-0.1, -0.05) is 13.2 Å². The van der Waals surface area contributed by atoms with Crippen molar-refractivity contribution in [3.63, 3.8) is 0 Å². The van der Waals surface area contributed by atoms with Crippen molar-refractivity contribution in [3.8, 4) is 0 Å². The normalized spacial score (nSPS) is 17.1. The van der Waals surface area contributed by atoms with Crippen LogP contribution in [0, 0.1) is 0 Å². The SMILES string of the molecule is C=CC1=C(C=C)OC(CNCCCn2ncc(=O)n(C)c2=O)CO1. The standard InChI is InChI=1S/C16H22N4O4/c1-4-13-14(5-2)24-12(11-23-13)9-17-7-6-8-20-16(22)19(3)15(21)10-18-20/h4-5,10,12,17H,1-2,6-9,11H2,3H3. The Morgan fingerprint density at radius 1 is 1.38 bits per heavy atom. The molecule has 1 aromatic heterocycles. The number of rotatable bonds is 8. The molecule has 0 aromatic carbocycles. The average molecular weight is 334 g/mol. The minimum atomic E-state index is -0.413. The molecular weight excluding hydrogens is 312 g/mol. The molecule has 0 spiro atoms. The number of hydrogen-bond acceptors (Lipinski definition) is 6. The Labute approximate surface area is 139 Å². The quantitative estimate of drug-likeness (QED) is 0.669. The van der Waals surface area contributed by atoms with E-state index < -0.39 is 11.2 Å². The zero-order valence-corrected chi connectivity index (χ0v) is 13.7. The molecule has 24 heavy (non-hydrogen) atoms. The molecule has 2 heterocycles. The monoisotopic (exact) mass is 334 g/mol. The van der Waals surface area contributed by atoms with E-state index in [1.165, 1.54) is 11.7 Å². The van der Waals surface area contributed by atoms with Gasteiger partial charge in [-0.05, 0) is 25.1 Å². The highest BCUT2D eigenvalue weighted by molar-refractivity contribution is 5.23. The highest BCUT2D eigenvalue weighted by Gasteiger charge is 2.19. The second kappa shape index (κ2) is 8.30. The maximum Gasteiger partial charge on any atom is 0.347 e. The maximum absolute atomic E-state index is 11.8. The van der Waals surface area contributed by atoms with E-state index in [9.17, 15) is 9.59 Å². The largest absolute Gasteiger partial charge is 0.486 e. The molecule has 0 bridgehead atoms. The summed E-state index contributed by atoms with van der Waals surface area (Å²) in [4.78, 5) is 23.1. The van der Waals surface area contributed by atoms with E-state index in [2.05, 4.69) is 23.6 Å². The minimum Gasteiger partial charge on any atom is -0.486 e. The number of aryl methyl sites for hydroxylation is 1. The lowest BCUT2D eigenvalue weighted by Gasteiger charge is -2.26. The Bertz CT molecular complexity index is 747. The number of nitrogens with zero attached hydrogens (tertiary/aromatic N) is 3. The third-order valence-electron chi connectivity index (χ3n) is 3.57. The molecule has 8 heteroatoms. The van der Waals surface area contributed by atoms with Gasteiger partial charge in [0.15, 0.2) is 11.5 Å². The van der Waals surface area contributed by atoms with Crippen molar-refractivity contribution in [2.45, 2.75) is 19.1 Å². The fourth-order valence-corrected chi connectivity index (χ4v) is 2.23. The highest BCUT2D eigenvalue weighted by atomic mass is 16.6. The summed E-state index contributed by atoms with van der Waals surface area (Å²) in [5, 5.41) is 7.09. The number of allylic oxidation sites excluding steroid dienone is 2. The van der Waals surface area contributed by atoms with Crippen molar-refractivity contribution in [2.24, 2.45) is 7.05 Å². The zero-order valence-electron chi connectivity index (χ0n) is 13.7. The van der Waals surface area contributed by atoms with Gasteiger partial charge in [0.2, 0.25) is 0 Å². The average Bonchev–Trinajstić information content (AvgIpc) is 2.61. The fraction of sp³-hybridized carbons (Fsp3) is 0.438. The van der Waals surface area contributed by atoms with Crippen molar-refractivity contribution in [1.29, 1.82) is 0 Å². The first kappa shape index (κ1) is 17.7. The summed E-state index contributed by atoms with van der Waals surface area (Å²) in [6.07, 6.45) is 4.92. The third-order valence-corrected chi connectivity index (χ3v) is 3.57. The molecule has 0 amide bonds. The van der Waals surface area contributed by atoms with Gasteiger partial charge < -0.3 is 14.8 Å². The van der Waals surface area contributed by atoms with Crippen LogP contribution in [0.15, 0.2) is 52.6 Å². The Morgan fingerprint density at radius 3 is 2.83 bits per heavy atom. The molecule has 2 rings (SSSR count). The smallest absolute Gasteiger partial charge is 0.347 e. The van der Waals surface area contributed by atoms with Gasteiger partial charge in [-0.25, -0.2) is 9.48 Å². The molecule has 0 aliphatic carbocycles. The number of aromatic nitrogens is 3. The Balaban J connectivity index is 1.75. The summed E-state index contributed by atoms with van der Waals surface area (Å²) >= 11 is 0. The van der Waals surface area contributed by atoms with Gasteiger partial charge in [-0.3, -0.25) is 9.36 Å². The highest BCUT2D eigenvalue weighted by Crippen LogP contribution is 2.18. The molecule has 1 aliphatic heterocycles. The van der Waals surface area contributed by atoms with E-state index in [1.54, 1.807) is 12.2 Å². The van der Waals surface area contributed by atoms with E-state index in [-0.39, 0.29) is 6.10 Å². The molecule has 0 saturated heterocycles. The Morgan fingerprint density at radius 2 is 2.12 bits per heavy atom. The van der Waals surface area contributed by atoms with E-state index >= 15 is 0 Å². The van der Waals surface area contributed by atoms with Crippen LogP contribution in [0.4, 0.5) is 0 Å². The lowest BCUT2D eigenvalue weighted by molar-refractivity contribution is 0.00893. The minimum absolute atomic E-state index is 0.111. The van der Waals surface area contributed by atoms with Crippen LogP contribution in [0.3, 0.4) is 0 Å². The molecule has 0 saturated carbocycles. The van der Waals surface area contributed by atoms with Gasteiger partial charge >= 0.3 is 5.69 Å². The summed E-state index contributed by atoms with van der Waals surface area (Å²) in [7, 11) is 1.43. The van der Waals surface area contributed by atoms with Crippen LogP contribution in [0.2, 0.25) is 0 Å². The van der Waals surface area contributed by atoms with Crippen molar-refractivity contribution < 1.29 is 9.47 Å². The predicted molar refractivity (Wildman–Crippen MR) is 89.5 cm³/mol. The van der Waals surface area contributed by atoms with Gasteiger partial charge in [0.1, 0.15) is 18.9 Å². The maximum atomic E-state index is 11.8.